The quantitative estimate of drug-likeness (QED) is 0.644. The van der Waals surface area contributed by atoms with E-state index in [1.54, 1.807) is 0 Å². The van der Waals surface area contributed by atoms with Crippen molar-refractivity contribution in [1.29, 1.82) is 0 Å². The lowest BCUT2D eigenvalue weighted by Crippen LogP contribution is -2.32. The van der Waals surface area contributed by atoms with Crippen LogP contribution in [-0.2, 0) is 4.79 Å². The highest BCUT2D eigenvalue weighted by molar-refractivity contribution is 5.82. The van der Waals surface area contributed by atoms with Crippen molar-refractivity contribution in [3.63, 3.8) is 0 Å². The number of hydrogen-bond acceptors (Lipinski definition) is 1. The van der Waals surface area contributed by atoms with E-state index in [2.05, 4.69) is 13.8 Å². The first-order valence-corrected chi connectivity index (χ1v) is 4.76. The van der Waals surface area contributed by atoms with E-state index in [-0.39, 0.29) is 10.8 Å². The van der Waals surface area contributed by atoms with Crippen LogP contribution >= 0.6 is 0 Å². The molecule has 4 fully saturated rings. The van der Waals surface area contributed by atoms with Gasteiger partial charge in [0.15, 0.2) is 0 Å². The van der Waals surface area contributed by atoms with Crippen molar-refractivity contribution < 1.29 is 9.90 Å². The Morgan fingerprint density at radius 3 is 2.00 bits per heavy atom. The fourth-order valence-corrected chi connectivity index (χ4v) is 4.42. The standard InChI is InChI=1S/C10H14O2/c1-9(2)5-3-6-7(4-5)10(6,9)8(11)12/h5-7H,3-4H2,1-2H3,(H,11,12). The third-order valence-electron chi connectivity index (χ3n) is 5.06. The van der Waals surface area contributed by atoms with Gasteiger partial charge in [-0.1, -0.05) is 13.8 Å². The summed E-state index contributed by atoms with van der Waals surface area (Å²) in [5.41, 5.74) is -0.216. The third kappa shape index (κ3) is 0.377. The van der Waals surface area contributed by atoms with Crippen LogP contribution in [0.5, 0.6) is 0 Å². The largest absolute Gasteiger partial charge is 0.481 e. The summed E-state index contributed by atoms with van der Waals surface area (Å²) in [7, 11) is 0. The Morgan fingerprint density at radius 2 is 1.83 bits per heavy atom. The van der Waals surface area contributed by atoms with Crippen LogP contribution in [0.4, 0.5) is 0 Å². The maximum atomic E-state index is 11.2. The molecule has 4 saturated carbocycles. The highest BCUT2D eigenvalue weighted by atomic mass is 16.4. The number of hydrogen-bond donors (Lipinski definition) is 1. The monoisotopic (exact) mass is 166 g/mol. The molecule has 66 valence electrons. The molecule has 2 heteroatoms. The fraction of sp³-hybridized carbons (Fsp3) is 0.900. The van der Waals surface area contributed by atoms with Gasteiger partial charge in [-0.15, -0.1) is 0 Å². The molecule has 2 unspecified atom stereocenters. The molecule has 0 amide bonds. The normalized spacial score (nSPS) is 57.3. The maximum absolute atomic E-state index is 11.2. The van der Waals surface area contributed by atoms with Gasteiger partial charge in [0.1, 0.15) is 0 Å². The smallest absolute Gasteiger partial charge is 0.310 e. The highest BCUT2D eigenvalue weighted by Gasteiger charge is 2.86. The average Bonchev–Trinajstić information content (AvgIpc) is 2.30. The molecule has 4 rings (SSSR count). The summed E-state index contributed by atoms with van der Waals surface area (Å²) < 4.78 is 0. The number of rotatable bonds is 1. The molecule has 1 N–H and O–H groups in total. The molecule has 12 heavy (non-hydrogen) atoms. The van der Waals surface area contributed by atoms with E-state index in [0.717, 1.165) is 0 Å². The number of carbonyl (C=O) groups is 1. The summed E-state index contributed by atoms with van der Waals surface area (Å²) in [5.74, 6) is 1.25. The first-order chi connectivity index (χ1) is 5.53. The Kier molecular flexibility index (Phi) is 0.836. The molecular formula is C10H14O2. The van der Waals surface area contributed by atoms with Crippen molar-refractivity contribution >= 4 is 5.97 Å². The van der Waals surface area contributed by atoms with Crippen LogP contribution in [0.25, 0.3) is 0 Å². The van der Waals surface area contributed by atoms with Crippen molar-refractivity contribution in [3.05, 3.63) is 0 Å². The van der Waals surface area contributed by atoms with Crippen molar-refractivity contribution in [3.8, 4) is 0 Å². The maximum Gasteiger partial charge on any atom is 0.310 e. The Morgan fingerprint density at radius 1 is 1.33 bits per heavy atom. The predicted molar refractivity (Wildman–Crippen MR) is 43.6 cm³/mol. The highest BCUT2D eigenvalue weighted by Crippen LogP contribution is 2.86. The number of carboxylic acid groups (broad SMARTS) is 1. The van der Waals surface area contributed by atoms with E-state index in [0.29, 0.717) is 17.8 Å². The lowest BCUT2D eigenvalue weighted by molar-refractivity contribution is -0.148. The molecule has 0 aromatic heterocycles. The molecular weight excluding hydrogens is 152 g/mol. The van der Waals surface area contributed by atoms with Crippen LogP contribution in [0.3, 0.4) is 0 Å². The van der Waals surface area contributed by atoms with Gasteiger partial charge in [-0.05, 0) is 36.0 Å². The van der Waals surface area contributed by atoms with E-state index in [9.17, 15) is 9.90 Å². The van der Waals surface area contributed by atoms with Gasteiger partial charge >= 0.3 is 5.97 Å². The summed E-state index contributed by atoms with van der Waals surface area (Å²) in [6, 6.07) is 0. The number of carboxylic acids is 1. The molecule has 0 spiro atoms. The van der Waals surface area contributed by atoms with Gasteiger partial charge in [0, 0.05) is 0 Å². The molecule has 0 saturated heterocycles. The second-order valence-corrected chi connectivity index (χ2v) is 5.28. The van der Waals surface area contributed by atoms with E-state index < -0.39 is 5.97 Å². The van der Waals surface area contributed by atoms with Crippen molar-refractivity contribution in [2.45, 2.75) is 26.7 Å². The zero-order valence-corrected chi connectivity index (χ0v) is 7.50. The molecule has 4 aliphatic rings. The fourth-order valence-electron chi connectivity index (χ4n) is 4.42. The summed E-state index contributed by atoms with van der Waals surface area (Å²) in [4.78, 5) is 11.2. The lowest BCUT2D eigenvalue weighted by Gasteiger charge is -2.28. The summed E-state index contributed by atoms with van der Waals surface area (Å²) in [5, 5.41) is 9.25. The summed E-state index contributed by atoms with van der Waals surface area (Å²) in [6.45, 7) is 4.30. The Labute approximate surface area is 72.0 Å². The lowest BCUT2D eigenvalue weighted by atomic mass is 9.75. The van der Waals surface area contributed by atoms with E-state index in [1.165, 1.54) is 12.8 Å². The summed E-state index contributed by atoms with van der Waals surface area (Å²) in [6.07, 6.45) is 2.37. The third-order valence-corrected chi connectivity index (χ3v) is 5.06. The minimum Gasteiger partial charge on any atom is -0.481 e. The minimum atomic E-state index is -0.525. The van der Waals surface area contributed by atoms with E-state index >= 15 is 0 Å². The number of aliphatic carboxylic acids is 1. The van der Waals surface area contributed by atoms with Gasteiger partial charge in [0.2, 0.25) is 0 Å². The minimum absolute atomic E-state index is 0.0775. The van der Waals surface area contributed by atoms with Crippen LogP contribution in [0.15, 0.2) is 0 Å². The van der Waals surface area contributed by atoms with E-state index in [4.69, 9.17) is 0 Å². The van der Waals surface area contributed by atoms with Crippen molar-refractivity contribution in [1.82, 2.24) is 0 Å². The van der Waals surface area contributed by atoms with Crippen LogP contribution in [0, 0.1) is 28.6 Å². The topological polar surface area (TPSA) is 37.3 Å². The molecule has 2 nitrogen and oxygen atoms in total. The zero-order valence-electron chi connectivity index (χ0n) is 7.50. The molecule has 0 radical (unpaired) electrons. The first kappa shape index (κ1) is 6.93. The van der Waals surface area contributed by atoms with Gasteiger partial charge in [-0.2, -0.15) is 0 Å². The molecule has 0 aliphatic heterocycles. The SMILES string of the molecule is CC1(C)C2CC3C(C2)C31C(=O)O. The molecule has 4 aliphatic carbocycles. The first-order valence-electron chi connectivity index (χ1n) is 4.76. The van der Waals surface area contributed by atoms with Crippen LogP contribution in [0.1, 0.15) is 26.7 Å². The van der Waals surface area contributed by atoms with Crippen LogP contribution < -0.4 is 0 Å². The van der Waals surface area contributed by atoms with Crippen molar-refractivity contribution in [2.75, 3.05) is 0 Å². The average molecular weight is 166 g/mol. The van der Waals surface area contributed by atoms with E-state index in [1.807, 2.05) is 0 Å². The van der Waals surface area contributed by atoms with Gasteiger partial charge in [-0.25, -0.2) is 0 Å². The van der Waals surface area contributed by atoms with Crippen molar-refractivity contribution in [2.24, 2.45) is 28.6 Å². The molecule has 0 aromatic carbocycles. The van der Waals surface area contributed by atoms with Gasteiger partial charge in [0.05, 0.1) is 5.41 Å². The molecule has 0 heterocycles. The second kappa shape index (κ2) is 1.45. The molecule has 2 atom stereocenters. The Balaban J connectivity index is 2.15. The zero-order chi connectivity index (χ0) is 8.72. The van der Waals surface area contributed by atoms with Crippen LogP contribution in [-0.4, -0.2) is 11.1 Å². The van der Waals surface area contributed by atoms with Gasteiger partial charge < -0.3 is 5.11 Å². The predicted octanol–water partition coefficient (Wildman–Crippen LogP) is 1.75. The Hall–Kier alpha value is -0.530. The van der Waals surface area contributed by atoms with Gasteiger partial charge in [0.25, 0.3) is 0 Å². The summed E-state index contributed by atoms with van der Waals surface area (Å²) >= 11 is 0. The van der Waals surface area contributed by atoms with Gasteiger partial charge in [-0.3, -0.25) is 4.79 Å². The second-order valence-electron chi connectivity index (χ2n) is 5.28. The molecule has 4 bridgehead atoms. The Bertz CT molecular complexity index is 268. The van der Waals surface area contributed by atoms with Crippen LogP contribution in [0.2, 0.25) is 0 Å². The molecule has 0 aromatic rings.